The van der Waals surface area contributed by atoms with Gasteiger partial charge in [0.05, 0.1) is 20.4 Å². The number of aromatic nitrogens is 1. The summed E-state index contributed by atoms with van der Waals surface area (Å²) >= 11 is 2.70. The number of thiazole rings is 1. The zero-order chi connectivity index (χ0) is 19.5. The fourth-order valence-corrected chi connectivity index (χ4v) is 4.27. The molecule has 0 atom stereocenters. The van der Waals surface area contributed by atoms with Gasteiger partial charge >= 0.3 is 0 Å². The van der Waals surface area contributed by atoms with Crippen LogP contribution in [0, 0.1) is 10.1 Å². The van der Waals surface area contributed by atoms with Crippen molar-refractivity contribution in [3.63, 3.8) is 0 Å². The average molecular weight is 407 g/mol. The van der Waals surface area contributed by atoms with E-state index in [0.29, 0.717) is 10.0 Å². The van der Waals surface area contributed by atoms with Crippen LogP contribution in [0.2, 0.25) is 0 Å². The van der Waals surface area contributed by atoms with Crippen molar-refractivity contribution in [2.24, 2.45) is 0 Å². The topological polar surface area (TPSA) is 85.1 Å². The molecule has 0 radical (unpaired) electrons. The summed E-state index contributed by atoms with van der Waals surface area (Å²) in [5.41, 5.74) is 2.46. The molecule has 6 nitrogen and oxygen atoms in total. The largest absolute Gasteiger partial charge is 0.297 e. The Labute approximate surface area is 168 Å². The van der Waals surface area contributed by atoms with E-state index < -0.39 is 4.92 Å². The van der Waals surface area contributed by atoms with Gasteiger partial charge in [0.1, 0.15) is 0 Å². The van der Waals surface area contributed by atoms with Crippen molar-refractivity contribution >= 4 is 39.4 Å². The summed E-state index contributed by atoms with van der Waals surface area (Å²) in [6.45, 7) is 0. The number of benzene rings is 2. The summed E-state index contributed by atoms with van der Waals surface area (Å²) in [4.78, 5) is 28.9. The van der Waals surface area contributed by atoms with E-state index >= 15 is 0 Å². The average Bonchev–Trinajstić information content (AvgIpc) is 3.39. The van der Waals surface area contributed by atoms with Crippen LogP contribution in [0.1, 0.15) is 9.67 Å². The van der Waals surface area contributed by atoms with Crippen LogP contribution in [-0.2, 0) is 0 Å². The number of nitrogens with one attached hydrogen (secondary N) is 1. The second-order valence-electron chi connectivity index (χ2n) is 5.80. The van der Waals surface area contributed by atoms with Crippen LogP contribution in [0.15, 0.2) is 72.1 Å². The summed E-state index contributed by atoms with van der Waals surface area (Å²) in [7, 11) is 0. The van der Waals surface area contributed by atoms with E-state index in [-0.39, 0.29) is 11.6 Å². The molecular formula is C20H13N3O3S2. The van der Waals surface area contributed by atoms with Gasteiger partial charge in [-0.1, -0.05) is 47.7 Å². The highest BCUT2D eigenvalue weighted by Crippen LogP contribution is 2.39. The molecule has 1 N–H and O–H groups in total. The molecule has 0 saturated heterocycles. The first-order valence-corrected chi connectivity index (χ1v) is 9.97. The Balaban J connectivity index is 1.74. The minimum Gasteiger partial charge on any atom is -0.297 e. The van der Waals surface area contributed by atoms with Crippen LogP contribution in [0.4, 0.5) is 10.8 Å². The van der Waals surface area contributed by atoms with Crippen LogP contribution >= 0.6 is 22.7 Å². The van der Waals surface area contributed by atoms with Crippen molar-refractivity contribution in [1.82, 2.24) is 4.98 Å². The fourth-order valence-electron chi connectivity index (χ4n) is 2.66. The first-order chi connectivity index (χ1) is 13.6. The zero-order valence-electron chi connectivity index (χ0n) is 14.4. The third-order valence-electron chi connectivity index (χ3n) is 3.98. The smallest absolute Gasteiger partial charge is 0.269 e. The summed E-state index contributed by atoms with van der Waals surface area (Å²) in [5, 5.41) is 16.1. The number of nitrogens with zero attached hydrogens (tertiary/aromatic N) is 2. The molecule has 0 aliphatic carbocycles. The molecule has 0 saturated carbocycles. The van der Waals surface area contributed by atoms with E-state index in [9.17, 15) is 14.9 Å². The van der Waals surface area contributed by atoms with E-state index in [0.717, 1.165) is 21.7 Å². The number of amides is 1. The molecule has 0 bridgehead atoms. The lowest BCUT2D eigenvalue weighted by atomic mass is 10.1. The third-order valence-corrected chi connectivity index (χ3v) is 5.87. The van der Waals surface area contributed by atoms with E-state index in [1.165, 1.54) is 34.8 Å². The highest BCUT2D eigenvalue weighted by Gasteiger charge is 2.18. The van der Waals surface area contributed by atoms with Gasteiger partial charge in [0.2, 0.25) is 0 Å². The number of carbonyl (C=O) groups is 1. The Morgan fingerprint density at radius 1 is 0.964 bits per heavy atom. The molecule has 0 fully saturated rings. The molecule has 4 rings (SSSR count). The molecule has 0 aliphatic rings. The maximum Gasteiger partial charge on any atom is 0.269 e. The summed E-state index contributed by atoms with van der Waals surface area (Å²) in [5.74, 6) is -0.210. The monoisotopic (exact) mass is 407 g/mol. The zero-order valence-corrected chi connectivity index (χ0v) is 16.0. The normalized spacial score (nSPS) is 10.6. The Hall–Kier alpha value is -3.36. The Morgan fingerprint density at radius 3 is 2.36 bits per heavy atom. The molecule has 1 amide bonds. The van der Waals surface area contributed by atoms with Gasteiger partial charge < -0.3 is 0 Å². The van der Waals surface area contributed by atoms with Gasteiger partial charge in [0.25, 0.3) is 11.6 Å². The lowest BCUT2D eigenvalue weighted by Crippen LogP contribution is -2.09. The van der Waals surface area contributed by atoms with Gasteiger partial charge in [0.15, 0.2) is 5.13 Å². The van der Waals surface area contributed by atoms with Gasteiger partial charge in [-0.05, 0) is 29.1 Å². The molecule has 2 aromatic carbocycles. The van der Waals surface area contributed by atoms with Crippen LogP contribution in [0.3, 0.4) is 0 Å². The van der Waals surface area contributed by atoms with Crippen LogP contribution in [0.5, 0.6) is 0 Å². The first kappa shape index (κ1) is 18.0. The second kappa shape index (κ2) is 7.71. The SMILES string of the molecule is O=C(Nc1nc(-c2ccccc2)c(-c2ccc([N+](=O)[O-])cc2)s1)c1cccs1. The highest BCUT2D eigenvalue weighted by molar-refractivity contribution is 7.19. The standard InChI is InChI=1S/C20H13N3O3S2/c24-19(16-7-4-12-27-16)22-20-21-17(13-5-2-1-3-6-13)18(28-20)14-8-10-15(11-9-14)23(25)26/h1-12H,(H,21,22,24). The number of anilines is 1. The van der Waals surface area contributed by atoms with E-state index in [4.69, 9.17) is 0 Å². The number of hydrogen-bond acceptors (Lipinski definition) is 6. The number of nitro benzene ring substituents is 1. The van der Waals surface area contributed by atoms with E-state index in [2.05, 4.69) is 10.3 Å². The Bertz CT molecular complexity index is 1120. The maximum atomic E-state index is 12.4. The Morgan fingerprint density at radius 2 is 1.71 bits per heavy atom. The number of carbonyl (C=O) groups excluding carboxylic acids is 1. The van der Waals surface area contributed by atoms with Crippen molar-refractivity contribution in [2.45, 2.75) is 0 Å². The molecule has 28 heavy (non-hydrogen) atoms. The van der Waals surface area contributed by atoms with Gasteiger partial charge in [-0.3, -0.25) is 20.2 Å². The first-order valence-electron chi connectivity index (χ1n) is 8.28. The summed E-state index contributed by atoms with van der Waals surface area (Å²) in [6, 6.07) is 19.5. The van der Waals surface area contributed by atoms with Crippen LogP contribution in [-0.4, -0.2) is 15.8 Å². The van der Waals surface area contributed by atoms with Crippen molar-refractivity contribution in [1.29, 1.82) is 0 Å². The minimum atomic E-state index is -0.429. The summed E-state index contributed by atoms with van der Waals surface area (Å²) in [6.07, 6.45) is 0. The molecule has 138 valence electrons. The molecular weight excluding hydrogens is 394 g/mol. The van der Waals surface area contributed by atoms with E-state index in [1.807, 2.05) is 41.8 Å². The fraction of sp³-hybridized carbons (Fsp3) is 0. The quantitative estimate of drug-likeness (QED) is 0.340. The number of thiophene rings is 1. The predicted octanol–water partition coefficient (Wildman–Crippen LogP) is 5.70. The molecule has 4 aromatic rings. The Kier molecular flexibility index (Phi) is 4.96. The number of non-ortho nitro benzene ring substituents is 1. The van der Waals surface area contributed by atoms with Gasteiger partial charge in [-0.25, -0.2) is 4.98 Å². The van der Waals surface area contributed by atoms with Gasteiger partial charge in [-0.15, -0.1) is 11.3 Å². The molecule has 0 unspecified atom stereocenters. The van der Waals surface area contributed by atoms with Gasteiger partial charge in [-0.2, -0.15) is 0 Å². The number of nitro groups is 1. The molecule has 0 aliphatic heterocycles. The lowest BCUT2D eigenvalue weighted by Gasteiger charge is -2.02. The third kappa shape index (κ3) is 3.68. The number of rotatable bonds is 5. The van der Waals surface area contributed by atoms with Crippen LogP contribution < -0.4 is 5.32 Å². The summed E-state index contributed by atoms with van der Waals surface area (Å²) < 4.78 is 0. The van der Waals surface area contributed by atoms with Crippen molar-refractivity contribution in [3.8, 4) is 21.7 Å². The number of hydrogen-bond donors (Lipinski definition) is 1. The van der Waals surface area contributed by atoms with Crippen molar-refractivity contribution in [3.05, 3.63) is 87.1 Å². The highest BCUT2D eigenvalue weighted by atomic mass is 32.1. The van der Waals surface area contributed by atoms with Crippen LogP contribution in [0.25, 0.3) is 21.7 Å². The minimum absolute atomic E-state index is 0.0285. The molecule has 0 spiro atoms. The molecule has 2 aromatic heterocycles. The predicted molar refractivity (Wildman–Crippen MR) is 112 cm³/mol. The van der Waals surface area contributed by atoms with Crippen molar-refractivity contribution < 1.29 is 9.72 Å². The molecule has 2 heterocycles. The lowest BCUT2D eigenvalue weighted by molar-refractivity contribution is -0.384. The second-order valence-corrected chi connectivity index (χ2v) is 7.74. The van der Waals surface area contributed by atoms with Crippen molar-refractivity contribution in [2.75, 3.05) is 5.32 Å². The van der Waals surface area contributed by atoms with E-state index in [1.54, 1.807) is 18.2 Å². The maximum absolute atomic E-state index is 12.4. The molecule has 8 heteroatoms. The van der Waals surface area contributed by atoms with Gasteiger partial charge in [0, 0.05) is 17.7 Å².